The fraction of sp³-hybridized carbons (Fsp3) is 0.158. The Balaban J connectivity index is 2.34. The third-order valence-corrected chi connectivity index (χ3v) is 4.17. The molecule has 0 saturated carbocycles. The van der Waals surface area contributed by atoms with E-state index in [2.05, 4.69) is 22.0 Å². The molecule has 4 heteroatoms. The molecular weight excluding hydrogens is 354 g/mol. The van der Waals surface area contributed by atoms with Gasteiger partial charge in [-0.2, -0.15) is 5.26 Å². The topological polar surface area (TPSA) is 50.1 Å². The molecule has 2 aromatic carbocycles. The van der Waals surface area contributed by atoms with Gasteiger partial charge in [0.2, 0.25) is 0 Å². The zero-order valence-corrected chi connectivity index (χ0v) is 14.3. The smallest absolute Gasteiger partial charge is 0.333 e. The Morgan fingerprint density at radius 2 is 1.87 bits per heavy atom. The minimum atomic E-state index is -0.431. The van der Waals surface area contributed by atoms with Gasteiger partial charge in [-0.15, -0.1) is 0 Å². The fourth-order valence-electron chi connectivity index (χ4n) is 2.29. The maximum absolute atomic E-state index is 12.1. The molecule has 1 atom stereocenters. The highest BCUT2D eigenvalue weighted by atomic mass is 79.9. The predicted octanol–water partition coefficient (Wildman–Crippen LogP) is 4.70. The molecule has 0 N–H and O–H groups in total. The van der Waals surface area contributed by atoms with Gasteiger partial charge in [0.1, 0.15) is 0 Å². The van der Waals surface area contributed by atoms with Crippen molar-refractivity contribution in [1.82, 2.24) is 0 Å². The third kappa shape index (κ3) is 4.54. The van der Waals surface area contributed by atoms with E-state index in [0.717, 1.165) is 15.6 Å². The normalized spacial score (nSPS) is 12.3. The van der Waals surface area contributed by atoms with Gasteiger partial charge in [-0.1, -0.05) is 64.5 Å². The molecule has 0 aromatic heterocycles. The Labute approximate surface area is 144 Å². The molecule has 0 aliphatic carbocycles. The Kier molecular flexibility index (Phi) is 6.13. The standard InChI is InChI=1S/C19H16BrNO2/c1-23-19(22)15(11-14-7-3-2-4-8-14)12-16(13-21)17-9-5-6-10-18(17)20/h2-11,16H,12H2,1H3/b15-11-. The first kappa shape index (κ1) is 17.0. The number of nitrogens with zero attached hydrogens (tertiary/aromatic N) is 1. The minimum absolute atomic E-state index is 0.292. The van der Waals surface area contributed by atoms with Gasteiger partial charge >= 0.3 is 5.97 Å². The average Bonchev–Trinajstić information content (AvgIpc) is 2.59. The highest BCUT2D eigenvalue weighted by molar-refractivity contribution is 9.10. The van der Waals surface area contributed by atoms with Crippen LogP contribution in [-0.4, -0.2) is 13.1 Å². The van der Waals surface area contributed by atoms with E-state index in [0.29, 0.717) is 12.0 Å². The van der Waals surface area contributed by atoms with Crippen molar-refractivity contribution >= 4 is 28.0 Å². The SMILES string of the molecule is COC(=O)/C(=C\c1ccccc1)CC(C#N)c1ccccc1Br. The van der Waals surface area contributed by atoms with Crippen LogP contribution in [0.2, 0.25) is 0 Å². The van der Waals surface area contributed by atoms with Gasteiger partial charge in [-0.05, 0) is 29.7 Å². The number of hydrogen-bond donors (Lipinski definition) is 0. The number of carbonyl (C=O) groups is 1. The van der Waals surface area contributed by atoms with Gasteiger partial charge in [0.25, 0.3) is 0 Å². The lowest BCUT2D eigenvalue weighted by molar-refractivity contribution is -0.136. The van der Waals surface area contributed by atoms with Crippen molar-refractivity contribution in [2.24, 2.45) is 0 Å². The van der Waals surface area contributed by atoms with Crippen molar-refractivity contribution in [2.45, 2.75) is 12.3 Å². The first-order chi connectivity index (χ1) is 11.2. The van der Waals surface area contributed by atoms with Crippen LogP contribution in [0.25, 0.3) is 6.08 Å². The molecule has 0 radical (unpaired) electrons. The van der Waals surface area contributed by atoms with Crippen molar-refractivity contribution in [1.29, 1.82) is 5.26 Å². The second kappa shape index (κ2) is 8.30. The summed E-state index contributed by atoms with van der Waals surface area (Å²) in [6.07, 6.45) is 2.06. The Morgan fingerprint density at radius 3 is 2.48 bits per heavy atom. The van der Waals surface area contributed by atoms with Crippen molar-refractivity contribution in [3.8, 4) is 6.07 Å². The van der Waals surface area contributed by atoms with Gasteiger partial charge in [-0.25, -0.2) is 4.79 Å². The number of nitriles is 1. The van der Waals surface area contributed by atoms with Crippen molar-refractivity contribution in [2.75, 3.05) is 7.11 Å². The Morgan fingerprint density at radius 1 is 1.22 bits per heavy atom. The lowest BCUT2D eigenvalue weighted by Crippen LogP contribution is -2.09. The van der Waals surface area contributed by atoms with E-state index in [1.54, 1.807) is 6.08 Å². The number of hydrogen-bond acceptors (Lipinski definition) is 3. The van der Waals surface area contributed by atoms with Crippen LogP contribution >= 0.6 is 15.9 Å². The average molecular weight is 370 g/mol. The molecule has 0 spiro atoms. The van der Waals surface area contributed by atoms with Crippen LogP contribution in [0.15, 0.2) is 64.6 Å². The number of esters is 1. The van der Waals surface area contributed by atoms with Crippen LogP contribution in [0, 0.1) is 11.3 Å². The monoisotopic (exact) mass is 369 g/mol. The van der Waals surface area contributed by atoms with Crippen molar-refractivity contribution in [3.05, 3.63) is 75.8 Å². The van der Waals surface area contributed by atoms with Crippen molar-refractivity contribution < 1.29 is 9.53 Å². The highest BCUT2D eigenvalue weighted by Gasteiger charge is 2.20. The van der Waals surface area contributed by atoms with Gasteiger partial charge in [0.15, 0.2) is 0 Å². The second-order valence-electron chi connectivity index (χ2n) is 4.98. The Hall–Kier alpha value is -2.38. The number of rotatable bonds is 5. The van der Waals surface area contributed by atoms with Crippen LogP contribution in [-0.2, 0) is 9.53 Å². The number of halogens is 1. The lowest BCUT2D eigenvalue weighted by Gasteiger charge is -2.13. The molecule has 3 nitrogen and oxygen atoms in total. The summed E-state index contributed by atoms with van der Waals surface area (Å²) in [4.78, 5) is 12.1. The number of benzene rings is 2. The van der Waals surface area contributed by atoms with Gasteiger partial charge in [0.05, 0.1) is 19.1 Å². The maximum atomic E-state index is 12.1. The van der Waals surface area contributed by atoms with Crippen LogP contribution in [0.3, 0.4) is 0 Å². The molecule has 2 aromatic rings. The molecule has 0 fully saturated rings. The lowest BCUT2D eigenvalue weighted by atomic mass is 9.92. The molecule has 0 amide bonds. The van der Waals surface area contributed by atoms with Crippen LogP contribution in [0.5, 0.6) is 0 Å². The van der Waals surface area contributed by atoms with E-state index in [1.807, 2.05) is 54.6 Å². The predicted molar refractivity (Wildman–Crippen MR) is 93.5 cm³/mol. The summed E-state index contributed by atoms with van der Waals surface area (Å²) < 4.78 is 5.72. The summed E-state index contributed by atoms with van der Waals surface area (Å²) in [5.41, 5.74) is 2.23. The molecule has 0 heterocycles. The molecule has 0 bridgehead atoms. The molecule has 2 rings (SSSR count). The van der Waals surface area contributed by atoms with Crippen LogP contribution in [0.4, 0.5) is 0 Å². The molecule has 1 unspecified atom stereocenters. The van der Waals surface area contributed by atoms with Gasteiger partial charge in [-0.3, -0.25) is 0 Å². The van der Waals surface area contributed by atoms with E-state index in [-0.39, 0.29) is 0 Å². The summed E-state index contributed by atoms with van der Waals surface area (Å²) in [6.45, 7) is 0. The van der Waals surface area contributed by atoms with Gasteiger partial charge < -0.3 is 4.74 Å². The van der Waals surface area contributed by atoms with Crippen molar-refractivity contribution in [3.63, 3.8) is 0 Å². The minimum Gasteiger partial charge on any atom is -0.466 e. The molecule has 0 aliphatic heterocycles. The van der Waals surface area contributed by atoms with E-state index in [4.69, 9.17) is 4.74 Å². The molecule has 0 aliphatic rings. The second-order valence-corrected chi connectivity index (χ2v) is 5.83. The first-order valence-electron chi connectivity index (χ1n) is 7.13. The zero-order valence-electron chi connectivity index (χ0n) is 12.7. The summed E-state index contributed by atoms with van der Waals surface area (Å²) in [7, 11) is 1.35. The maximum Gasteiger partial charge on any atom is 0.333 e. The summed E-state index contributed by atoms with van der Waals surface area (Å²) in [5, 5.41) is 9.52. The quantitative estimate of drug-likeness (QED) is 0.566. The van der Waals surface area contributed by atoms with E-state index >= 15 is 0 Å². The number of ether oxygens (including phenoxy) is 1. The van der Waals surface area contributed by atoms with E-state index in [9.17, 15) is 10.1 Å². The zero-order chi connectivity index (χ0) is 16.7. The van der Waals surface area contributed by atoms with Crippen LogP contribution in [0.1, 0.15) is 23.5 Å². The van der Waals surface area contributed by atoms with E-state index in [1.165, 1.54) is 7.11 Å². The largest absolute Gasteiger partial charge is 0.466 e. The van der Waals surface area contributed by atoms with Crippen LogP contribution < -0.4 is 0 Å². The number of carbonyl (C=O) groups excluding carboxylic acids is 1. The van der Waals surface area contributed by atoms with E-state index < -0.39 is 11.9 Å². The molecule has 0 saturated heterocycles. The summed E-state index contributed by atoms with van der Waals surface area (Å²) in [5.74, 6) is -0.846. The highest BCUT2D eigenvalue weighted by Crippen LogP contribution is 2.30. The first-order valence-corrected chi connectivity index (χ1v) is 7.93. The summed E-state index contributed by atoms with van der Waals surface area (Å²) >= 11 is 3.46. The third-order valence-electron chi connectivity index (χ3n) is 3.45. The molecular formula is C19H16BrNO2. The fourth-order valence-corrected chi connectivity index (χ4v) is 2.85. The number of methoxy groups -OCH3 is 1. The molecule has 23 heavy (non-hydrogen) atoms. The Bertz CT molecular complexity index is 747. The van der Waals surface area contributed by atoms with Gasteiger partial charge in [0, 0.05) is 10.0 Å². The summed E-state index contributed by atoms with van der Waals surface area (Å²) in [6, 6.07) is 19.3. The molecule has 116 valence electrons.